The second kappa shape index (κ2) is 3.13. The molecule has 0 unspecified atom stereocenters. The topological polar surface area (TPSA) is 56.5 Å². The zero-order valence-corrected chi connectivity index (χ0v) is 8.08. The predicted octanol–water partition coefficient (Wildman–Crippen LogP) is 0.662. The summed E-state index contributed by atoms with van der Waals surface area (Å²) in [6.45, 7) is 0. The number of aromatic nitrogens is 5. The van der Waals surface area contributed by atoms with Crippen molar-refractivity contribution in [1.82, 2.24) is 24.7 Å². The largest absolute Gasteiger partial charge is 0.244 e. The van der Waals surface area contributed by atoms with Gasteiger partial charge in [-0.25, -0.2) is 19.6 Å². The molecule has 6 heteroatoms. The van der Waals surface area contributed by atoms with E-state index >= 15 is 0 Å². The quantitative estimate of drug-likeness (QED) is 0.716. The molecule has 2 heterocycles. The summed E-state index contributed by atoms with van der Waals surface area (Å²) in [6, 6.07) is 0. The molecule has 2 aromatic heterocycles. The molecule has 0 bridgehead atoms. The van der Waals surface area contributed by atoms with E-state index in [1.165, 1.54) is 12.7 Å². The SMILES string of the molecule is Ic1cncnc1-n1cncn1. The molecule has 0 spiro atoms. The van der Waals surface area contributed by atoms with Crippen LogP contribution in [0.2, 0.25) is 0 Å². The van der Waals surface area contributed by atoms with Crippen LogP contribution in [0.3, 0.4) is 0 Å². The lowest BCUT2D eigenvalue weighted by Gasteiger charge is -1.99. The monoisotopic (exact) mass is 273 g/mol. The van der Waals surface area contributed by atoms with Gasteiger partial charge in [-0.3, -0.25) is 0 Å². The highest BCUT2D eigenvalue weighted by molar-refractivity contribution is 14.1. The molecule has 0 saturated heterocycles. The number of rotatable bonds is 1. The number of nitrogens with zero attached hydrogens (tertiary/aromatic N) is 5. The van der Waals surface area contributed by atoms with Gasteiger partial charge in [0.05, 0.1) is 3.57 Å². The van der Waals surface area contributed by atoms with Crippen molar-refractivity contribution in [1.29, 1.82) is 0 Å². The fourth-order valence-corrected chi connectivity index (χ4v) is 1.34. The first-order valence-electron chi connectivity index (χ1n) is 3.18. The molecule has 0 N–H and O–H groups in total. The smallest absolute Gasteiger partial charge is 0.171 e. The molecule has 0 aliphatic carbocycles. The van der Waals surface area contributed by atoms with Crippen LogP contribution in [-0.2, 0) is 0 Å². The Morgan fingerprint density at radius 1 is 1.25 bits per heavy atom. The summed E-state index contributed by atoms with van der Waals surface area (Å²) in [5, 5.41) is 3.96. The lowest BCUT2D eigenvalue weighted by molar-refractivity contribution is 0.831. The van der Waals surface area contributed by atoms with E-state index in [4.69, 9.17) is 0 Å². The molecule has 0 radical (unpaired) electrons. The Labute approximate surface area is 82.0 Å². The first kappa shape index (κ1) is 7.59. The second-order valence-electron chi connectivity index (χ2n) is 2.03. The van der Waals surface area contributed by atoms with Crippen LogP contribution in [0.1, 0.15) is 0 Å². The molecule has 5 nitrogen and oxygen atoms in total. The molecule has 0 aliphatic rings. The zero-order chi connectivity index (χ0) is 8.39. The Bertz CT molecular complexity index is 371. The third kappa shape index (κ3) is 1.29. The number of halogens is 1. The van der Waals surface area contributed by atoms with Crippen LogP contribution in [0.25, 0.3) is 5.82 Å². The highest BCUT2D eigenvalue weighted by atomic mass is 127. The van der Waals surface area contributed by atoms with Gasteiger partial charge in [-0.15, -0.1) is 0 Å². The molecule has 0 fully saturated rings. The summed E-state index contributed by atoms with van der Waals surface area (Å²) in [5.74, 6) is 0.753. The van der Waals surface area contributed by atoms with Gasteiger partial charge in [-0.2, -0.15) is 5.10 Å². The van der Waals surface area contributed by atoms with E-state index in [1.807, 2.05) is 0 Å². The third-order valence-corrected chi connectivity index (χ3v) is 2.04. The molecule has 12 heavy (non-hydrogen) atoms. The van der Waals surface area contributed by atoms with E-state index in [0.29, 0.717) is 0 Å². The van der Waals surface area contributed by atoms with Crippen molar-refractivity contribution in [3.63, 3.8) is 0 Å². The van der Waals surface area contributed by atoms with Crippen molar-refractivity contribution in [3.05, 3.63) is 28.7 Å². The van der Waals surface area contributed by atoms with E-state index in [0.717, 1.165) is 9.39 Å². The zero-order valence-electron chi connectivity index (χ0n) is 5.92. The van der Waals surface area contributed by atoms with Crippen LogP contribution in [0.5, 0.6) is 0 Å². The molecule has 0 saturated carbocycles. The molecular formula is C6H4IN5. The van der Waals surface area contributed by atoms with Crippen LogP contribution in [0.4, 0.5) is 0 Å². The molecular weight excluding hydrogens is 269 g/mol. The Hall–Kier alpha value is -1.05. The van der Waals surface area contributed by atoms with Crippen LogP contribution in [-0.4, -0.2) is 24.7 Å². The van der Waals surface area contributed by atoms with E-state index in [1.54, 1.807) is 17.2 Å². The normalized spacial score (nSPS) is 10.1. The van der Waals surface area contributed by atoms with Gasteiger partial charge >= 0.3 is 0 Å². The van der Waals surface area contributed by atoms with Gasteiger partial charge in [-0.1, -0.05) is 0 Å². The molecule has 0 aliphatic heterocycles. The average Bonchev–Trinajstić information content (AvgIpc) is 2.57. The summed E-state index contributed by atoms with van der Waals surface area (Å²) in [6.07, 6.45) is 6.28. The van der Waals surface area contributed by atoms with E-state index < -0.39 is 0 Å². The predicted molar refractivity (Wildman–Crippen MR) is 49.7 cm³/mol. The molecule has 0 amide bonds. The number of hydrogen-bond donors (Lipinski definition) is 0. The summed E-state index contributed by atoms with van der Waals surface area (Å²) in [4.78, 5) is 11.8. The van der Waals surface area contributed by atoms with Gasteiger partial charge in [0, 0.05) is 6.20 Å². The second-order valence-corrected chi connectivity index (χ2v) is 3.20. The molecule has 2 rings (SSSR count). The highest BCUT2D eigenvalue weighted by Crippen LogP contribution is 2.09. The van der Waals surface area contributed by atoms with Crippen LogP contribution in [0.15, 0.2) is 25.2 Å². The van der Waals surface area contributed by atoms with Crippen LogP contribution in [0, 0.1) is 3.57 Å². The highest BCUT2D eigenvalue weighted by Gasteiger charge is 2.02. The Kier molecular flexibility index (Phi) is 1.98. The first-order chi connectivity index (χ1) is 5.88. The van der Waals surface area contributed by atoms with Gasteiger partial charge in [0.1, 0.15) is 19.0 Å². The molecule has 0 atom stereocenters. The van der Waals surface area contributed by atoms with E-state index in [2.05, 4.69) is 42.6 Å². The third-order valence-electron chi connectivity index (χ3n) is 1.28. The summed E-state index contributed by atoms with van der Waals surface area (Å²) >= 11 is 2.15. The van der Waals surface area contributed by atoms with Gasteiger partial charge in [0.15, 0.2) is 5.82 Å². The Morgan fingerprint density at radius 3 is 2.83 bits per heavy atom. The molecule has 0 aromatic carbocycles. The van der Waals surface area contributed by atoms with Gasteiger partial charge in [0.25, 0.3) is 0 Å². The number of hydrogen-bond acceptors (Lipinski definition) is 4. The van der Waals surface area contributed by atoms with Crippen LogP contribution < -0.4 is 0 Å². The molecule has 2 aromatic rings. The minimum Gasteiger partial charge on any atom is -0.244 e. The Balaban J connectivity index is 2.55. The maximum absolute atomic E-state index is 4.06. The first-order valence-corrected chi connectivity index (χ1v) is 4.26. The van der Waals surface area contributed by atoms with Crippen LogP contribution >= 0.6 is 22.6 Å². The summed E-state index contributed by atoms with van der Waals surface area (Å²) in [7, 11) is 0. The summed E-state index contributed by atoms with van der Waals surface area (Å²) < 4.78 is 2.55. The van der Waals surface area contributed by atoms with Crippen molar-refractivity contribution in [3.8, 4) is 5.82 Å². The van der Waals surface area contributed by atoms with Crippen molar-refractivity contribution >= 4 is 22.6 Å². The van der Waals surface area contributed by atoms with Crippen molar-refractivity contribution in [2.24, 2.45) is 0 Å². The average molecular weight is 273 g/mol. The van der Waals surface area contributed by atoms with E-state index in [9.17, 15) is 0 Å². The standard InChI is InChI=1S/C6H4IN5/c7-5-1-8-2-10-6(5)12-4-9-3-11-12/h1-4H. The maximum Gasteiger partial charge on any atom is 0.171 e. The van der Waals surface area contributed by atoms with Crippen molar-refractivity contribution in [2.75, 3.05) is 0 Å². The molecule has 60 valence electrons. The minimum absolute atomic E-state index is 0.753. The van der Waals surface area contributed by atoms with Crippen molar-refractivity contribution < 1.29 is 0 Å². The van der Waals surface area contributed by atoms with Crippen molar-refractivity contribution in [2.45, 2.75) is 0 Å². The van der Waals surface area contributed by atoms with Gasteiger partial charge < -0.3 is 0 Å². The lowest BCUT2D eigenvalue weighted by Crippen LogP contribution is -2.00. The summed E-state index contributed by atoms with van der Waals surface area (Å²) in [5.41, 5.74) is 0. The van der Waals surface area contributed by atoms with E-state index in [-0.39, 0.29) is 0 Å². The van der Waals surface area contributed by atoms with Gasteiger partial charge in [0.2, 0.25) is 0 Å². The fraction of sp³-hybridized carbons (Fsp3) is 0. The lowest BCUT2D eigenvalue weighted by atomic mass is 10.6. The fourth-order valence-electron chi connectivity index (χ4n) is 0.792. The maximum atomic E-state index is 4.06. The Morgan fingerprint density at radius 2 is 2.17 bits per heavy atom. The minimum atomic E-state index is 0.753. The van der Waals surface area contributed by atoms with Gasteiger partial charge in [-0.05, 0) is 22.6 Å².